The number of nitrogens with zero attached hydrogens (tertiary/aromatic N) is 1. The lowest BCUT2D eigenvalue weighted by Gasteiger charge is -2.13. The number of hydrogen-bond donors (Lipinski definition) is 1. The highest BCUT2D eigenvalue weighted by molar-refractivity contribution is 6.30. The van der Waals surface area contributed by atoms with Crippen molar-refractivity contribution in [2.75, 3.05) is 20.0 Å². The third kappa shape index (κ3) is 2.67. The number of methoxy groups -OCH3 is 2. The molecule has 1 aromatic carbocycles. The van der Waals surface area contributed by atoms with Gasteiger partial charge in [0.1, 0.15) is 17.2 Å². The summed E-state index contributed by atoms with van der Waals surface area (Å²) in [6.07, 6.45) is 0. The molecule has 2 rings (SSSR count). The van der Waals surface area contributed by atoms with Crippen LogP contribution in [0.25, 0.3) is 11.3 Å². The Morgan fingerprint density at radius 2 is 2.00 bits per heavy atom. The Morgan fingerprint density at radius 1 is 1.32 bits per heavy atom. The van der Waals surface area contributed by atoms with Crippen LogP contribution in [0, 0.1) is 11.6 Å². The molecule has 2 aromatic rings. The molecule has 0 spiro atoms. The summed E-state index contributed by atoms with van der Waals surface area (Å²) in [7, 11) is 2.34. The van der Waals surface area contributed by atoms with Gasteiger partial charge in [-0.1, -0.05) is 17.7 Å². The standard InChI is InChI=1S/C14H11ClF2N2O3/c1-21-13-10(18)9(17)11(19-12(13)14(20)22-2)6-3-4-7(15)8(16)5-6/h3-5H,1-2H3,(H2,18,19). The average Bonchev–Trinajstić information content (AvgIpc) is 2.51. The van der Waals surface area contributed by atoms with Crippen molar-refractivity contribution in [2.45, 2.75) is 0 Å². The fourth-order valence-corrected chi connectivity index (χ4v) is 1.96. The maximum atomic E-state index is 14.3. The van der Waals surface area contributed by atoms with Gasteiger partial charge in [-0.25, -0.2) is 18.6 Å². The number of nitrogens with two attached hydrogens (primary N) is 1. The molecule has 0 fully saturated rings. The number of hydrogen-bond acceptors (Lipinski definition) is 5. The van der Waals surface area contributed by atoms with Crippen LogP contribution in [-0.4, -0.2) is 25.2 Å². The summed E-state index contributed by atoms with van der Waals surface area (Å²) in [5.74, 6) is -2.80. The third-order valence-electron chi connectivity index (χ3n) is 2.90. The van der Waals surface area contributed by atoms with Crippen molar-refractivity contribution in [3.63, 3.8) is 0 Å². The quantitative estimate of drug-likeness (QED) is 0.876. The van der Waals surface area contributed by atoms with Gasteiger partial charge in [0.15, 0.2) is 17.3 Å². The highest BCUT2D eigenvalue weighted by Gasteiger charge is 2.25. The summed E-state index contributed by atoms with van der Waals surface area (Å²) in [6.45, 7) is 0. The van der Waals surface area contributed by atoms with Gasteiger partial charge in [-0.2, -0.15) is 0 Å². The molecule has 0 amide bonds. The van der Waals surface area contributed by atoms with Gasteiger partial charge in [-0.15, -0.1) is 0 Å². The molecule has 0 radical (unpaired) electrons. The molecule has 0 aliphatic rings. The predicted octanol–water partition coefficient (Wildman–Crippen LogP) is 3.06. The molecule has 8 heteroatoms. The van der Waals surface area contributed by atoms with Crippen LogP contribution < -0.4 is 10.5 Å². The number of ether oxygens (including phenoxy) is 2. The van der Waals surface area contributed by atoms with Crippen LogP contribution in [0.3, 0.4) is 0 Å². The Labute approximate surface area is 129 Å². The Kier molecular flexibility index (Phi) is 4.46. The van der Waals surface area contributed by atoms with E-state index in [9.17, 15) is 13.6 Å². The molecule has 1 heterocycles. The molecule has 0 atom stereocenters. The minimum atomic E-state index is -0.939. The SMILES string of the molecule is COC(=O)c1nc(-c2ccc(Cl)c(F)c2)c(F)c(N)c1OC. The van der Waals surface area contributed by atoms with Crippen molar-refractivity contribution in [3.8, 4) is 17.0 Å². The lowest BCUT2D eigenvalue weighted by Crippen LogP contribution is -2.12. The molecule has 0 saturated heterocycles. The van der Waals surface area contributed by atoms with Crippen molar-refractivity contribution in [2.24, 2.45) is 0 Å². The Balaban J connectivity index is 2.73. The number of nitrogen functional groups attached to an aromatic ring is 1. The Morgan fingerprint density at radius 3 is 2.55 bits per heavy atom. The number of carbonyl (C=O) groups excluding carboxylic acids is 1. The molecule has 0 aliphatic carbocycles. The molecular formula is C14H11ClF2N2O3. The van der Waals surface area contributed by atoms with Crippen LogP contribution in [0.1, 0.15) is 10.5 Å². The van der Waals surface area contributed by atoms with E-state index in [4.69, 9.17) is 22.1 Å². The minimum absolute atomic E-state index is 0.0684. The molecule has 1 aromatic heterocycles. The molecule has 22 heavy (non-hydrogen) atoms. The van der Waals surface area contributed by atoms with Gasteiger partial charge >= 0.3 is 5.97 Å². The lowest BCUT2D eigenvalue weighted by molar-refractivity contribution is 0.0590. The zero-order valence-corrected chi connectivity index (χ0v) is 12.4. The van der Waals surface area contributed by atoms with E-state index in [2.05, 4.69) is 9.72 Å². The topological polar surface area (TPSA) is 74.4 Å². The van der Waals surface area contributed by atoms with Gasteiger partial charge in [0, 0.05) is 5.56 Å². The maximum Gasteiger partial charge on any atom is 0.360 e. The first-order chi connectivity index (χ1) is 10.4. The number of anilines is 1. The summed E-state index contributed by atoms with van der Waals surface area (Å²) in [5.41, 5.74) is 4.64. The van der Waals surface area contributed by atoms with Crippen LogP contribution >= 0.6 is 11.6 Å². The monoisotopic (exact) mass is 328 g/mol. The van der Waals surface area contributed by atoms with Crippen molar-refractivity contribution in [3.05, 3.63) is 40.6 Å². The van der Waals surface area contributed by atoms with Gasteiger partial charge in [0.25, 0.3) is 0 Å². The number of esters is 1. The molecule has 116 valence electrons. The first kappa shape index (κ1) is 16.0. The minimum Gasteiger partial charge on any atom is -0.492 e. The number of carbonyl (C=O) groups is 1. The van der Waals surface area contributed by atoms with Crippen molar-refractivity contribution in [1.82, 2.24) is 4.98 Å². The summed E-state index contributed by atoms with van der Waals surface area (Å²) in [5, 5.41) is -0.126. The van der Waals surface area contributed by atoms with Gasteiger partial charge in [0.2, 0.25) is 0 Å². The normalized spacial score (nSPS) is 10.4. The zero-order chi connectivity index (χ0) is 16.4. The maximum absolute atomic E-state index is 14.3. The van der Waals surface area contributed by atoms with Crippen molar-refractivity contribution in [1.29, 1.82) is 0 Å². The van der Waals surface area contributed by atoms with Crippen LogP contribution in [0.5, 0.6) is 5.75 Å². The third-order valence-corrected chi connectivity index (χ3v) is 3.21. The zero-order valence-electron chi connectivity index (χ0n) is 11.6. The van der Waals surface area contributed by atoms with E-state index in [1.807, 2.05) is 0 Å². The van der Waals surface area contributed by atoms with E-state index in [0.29, 0.717) is 0 Å². The molecule has 0 bridgehead atoms. The second-order valence-electron chi connectivity index (χ2n) is 4.19. The molecule has 5 nitrogen and oxygen atoms in total. The average molecular weight is 329 g/mol. The summed E-state index contributed by atoms with van der Waals surface area (Å²) >= 11 is 5.58. The van der Waals surface area contributed by atoms with Crippen LogP contribution in [0.15, 0.2) is 18.2 Å². The number of rotatable bonds is 3. The van der Waals surface area contributed by atoms with Crippen LogP contribution in [-0.2, 0) is 4.74 Å². The van der Waals surface area contributed by atoms with E-state index >= 15 is 0 Å². The van der Waals surface area contributed by atoms with Crippen molar-refractivity contribution >= 4 is 23.3 Å². The van der Waals surface area contributed by atoms with Crippen LogP contribution in [0.4, 0.5) is 14.5 Å². The highest BCUT2D eigenvalue weighted by Crippen LogP contribution is 2.35. The second-order valence-corrected chi connectivity index (χ2v) is 4.60. The van der Waals surface area contributed by atoms with Gasteiger partial charge in [-0.3, -0.25) is 0 Å². The fraction of sp³-hybridized carbons (Fsp3) is 0.143. The summed E-state index contributed by atoms with van der Waals surface area (Å²) < 4.78 is 37.3. The van der Waals surface area contributed by atoms with Gasteiger partial charge < -0.3 is 15.2 Å². The summed E-state index contributed by atoms with van der Waals surface area (Å²) in [4.78, 5) is 15.6. The number of pyridine rings is 1. The molecule has 2 N–H and O–H groups in total. The molecule has 0 unspecified atom stereocenters. The van der Waals surface area contributed by atoms with Crippen LogP contribution in [0.2, 0.25) is 5.02 Å². The molecular weight excluding hydrogens is 318 g/mol. The number of halogens is 3. The first-order valence-electron chi connectivity index (χ1n) is 5.97. The highest BCUT2D eigenvalue weighted by atomic mass is 35.5. The Bertz CT molecular complexity index is 753. The van der Waals surface area contributed by atoms with E-state index in [1.54, 1.807) is 0 Å². The lowest BCUT2D eigenvalue weighted by atomic mass is 10.1. The predicted molar refractivity (Wildman–Crippen MR) is 76.9 cm³/mol. The van der Waals surface area contributed by atoms with Gasteiger partial charge in [-0.05, 0) is 12.1 Å². The fourth-order valence-electron chi connectivity index (χ4n) is 1.84. The number of aromatic nitrogens is 1. The van der Waals surface area contributed by atoms with E-state index < -0.39 is 23.3 Å². The van der Waals surface area contributed by atoms with Gasteiger partial charge in [0.05, 0.1) is 19.2 Å². The first-order valence-corrected chi connectivity index (χ1v) is 6.35. The number of benzene rings is 1. The largest absolute Gasteiger partial charge is 0.492 e. The summed E-state index contributed by atoms with van der Waals surface area (Å²) in [6, 6.07) is 3.58. The van der Waals surface area contributed by atoms with Crippen molar-refractivity contribution < 1.29 is 23.0 Å². The van der Waals surface area contributed by atoms with E-state index in [1.165, 1.54) is 19.2 Å². The smallest absolute Gasteiger partial charge is 0.360 e. The molecule has 0 saturated carbocycles. The second kappa shape index (κ2) is 6.15. The van der Waals surface area contributed by atoms with E-state index in [-0.39, 0.29) is 27.7 Å². The van der Waals surface area contributed by atoms with E-state index in [0.717, 1.165) is 13.2 Å². The molecule has 0 aliphatic heterocycles. The Hall–Kier alpha value is -2.41.